The van der Waals surface area contributed by atoms with E-state index in [-0.39, 0.29) is 42.0 Å². The summed E-state index contributed by atoms with van der Waals surface area (Å²) in [4.78, 5) is 120. The number of benzene rings is 1. The number of aldehydes is 1. The molecule has 0 amide bonds. The maximum atomic E-state index is 11.9. The molecule has 0 spiro atoms. The normalized spacial score (nSPS) is 25.4. The van der Waals surface area contributed by atoms with Crippen molar-refractivity contribution in [1.82, 2.24) is 19.5 Å². The number of ether oxygens (including phenoxy) is 14. The Morgan fingerprint density at radius 2 is 0.819 bits per heavy atom. The molecular formula is C77H130ClN5O37P6Pb. The average Bonchev–Trinajstić information content (AvgIpc) is 1.63. The van der Waals surface area contributed by atoms with Crippen LogP contribution in [0, 0.1) is 0 Å². The average molecular weight is 2150 g/mol. The van der Waals surface area contributed by atoms with E-state index < -0.39 is 206 Å². The van der Waals surface area contributed by atoms with Crippen LogP contribution >= 0.6 is 54.5 Å². The van der Waals surface area contributed by atoms with Gasteiger partial charge in [0.05, 0.1) is 73.6 Å². The van der Waals surface area contributed by atoms with Crippen LogP contribution in [0.4, 0.5) is 5.95 Å². The summed E-state index contributed by atoms with van der Waals surface area (Å²) in [6, 6.07) is 9.55. The maximum absolute atomic E-state index is 11.9. The number of hydrogen-bond acceptors (Lipinski definition) is 38. The van der Waals surface area contributed by atoms with Crippen LogP contribution in [0.2, 0.25) is 5.15 Å². The Labute approximate surface area is 753 Å². The zero-order valence-corrected chi connectivity index (χ0v) is 86.7. The van der Waals surface area contributed by atoms with Gasteiger partial charge in [-0.25, -0.2) is 24.2 Å². The predicted molar refractivity (Wildman–Crippen MR) is 469 cm³/mol. The van der Waals surface area contributed by atoms with Crippen LogP contribution in [0.1, 0.15) is 140 Å². The van der Waals surface area contributed by atoms with Crippen molar-refractivity contribution in [3.05, 3.63) is 47.4 Å². The van der Waals surface area contributed by atoms with E-state index in [4.69, 9.17) is 99.0 Å². The van der Waals surface area contributed by atoms with Crippen molar-refractivity contribution in [1.29, 1.82) is 0 Å². The van der Waals surface area contributed by atoms with Gasteiger partial charge < -0.3 is 120 Å². The summed E-state index contributed by atoms with van der Waals surface area (Å²) < 4.78 is 164. The number of anilines is 1. The van der Waals surface area contributed by atoms with Crippen molar-refractivity contribution in [2.75, 3.05) is 123 Å². The summed E-state index contributed by atoms with van der Waals surface area (Å²) in [5, 5.41) is 26.5. The van der Waals surface area contributed by atoms with Crippen LogP contribution in [-0.2, 0) is 159 Å². The Kier molecular flexibility index (Phi) is 49.5. The third kappa shape index (κ3) is 49.2. The quantitative estimate of drug-likeness (QED) is 0.0158. The molecular weight excluding hydrogens is 2020 g/mol. The van der Waals surface area contributed by atoms with Gasteiger partial charge in [-0.3, -0.25) is 9.36 Å². The number of aliphatic carboxylic acids is 3. The minimum atomic E-state index is -5.43. The van der Waals surface area contributed by atoms with Crippen molar-refractivity contribution >= 4 is 155 Å². The molecule has 6 fully saturated rings. The minimum absolute atomic E-state index is 0.0743. The van der Waals surface area contributed by atoms with Gasteiger partial charge in [0.25, 0.3) is 0 Å². The topological polar surface area (TPSA) is 570 Å². The number of nitrogens with two attached hydrogens (primary N) is 1. The Morgan fingerprint density at radius 1 is 0.472 bits per heavy atom. The van der Waals surface area contributed by atoms with E-state index in [1.165, 1.54) is 6.92 Å². The number of carbonyl (C=O) groups excluding carboxylic acids is 7. The van der Waals surface area contributed by atoms with Crippen LogP contribution in [0.15, 0.2) is 36.7 Å². The Hall–Kier alpha value is -5.42. The molecule has 6 aliphatic rings. The van der Waals surface area contributed by atoms with Gasteiger partial charge in [0.1, 0.15) is 30.6 Å². The number of rotatable bonds is 30. The molecule has 0 saturated carbocycles. The summed E-state index contributed by atoms with van der Waals surface area (Å²) in [6.07, 6.45) is -0.283. The molecule has 6 saturated heterocycles. The molecule has 1 unspecified atom stereocenters. The van der Waals surface area contributed by atoms with Gasteiger partial charge in [0.2, 0.25) is 12.2 Å². The largest absolute Gasteiger partial charge is 0.479 e. The number of carbonyl (C=O) groups is 10. The molecule has 726 valence electrons. The molecule has 5 N–H and O–H groups in total. The first-order valence-electron chi connectivity index (χ1n) is 40.2. The Balaban J connectivity index is 0.000000497. The molecule has 42 nitrogen and oxygen atoms in total. The molecule has 127 heavy (non-hydrogen) atoms. The second-order valence-electron chi connectivity index (χ2n) is 33.3. The first-order chi connectivity index (χ1) is 58.1. The fraction of sp³-hybridized carbons (Fsp3) is 0.727. The third-order valence-corrected chi connectivity index (χ3v) is 33.8. The van der Waals surface area contributed by atoms with E-state index >= 15 is 0 Å². The zero-order valence-electron chi connectivity index (χ0n) is 76.7. The van der Waals surface area contributed by atoms with Crippen LogP contribution in [0.25, 0.3) is 11.2 Å². The molecule has 9 rings (SSSR count). The van der Waals surface area contributed by atoms with E-state index in [9.17, 15) is 75.3 Å². The molecule has 2 aromatic heterocycles. The van der Waals surface area contributed by atoms with Gasteiger partial charge in [0.15, 0.2) is 78.7 Å². The van der Waals surface area contributed by atoms with Gasteiger partial charge in [-0.1, -0.05) is 41.9 Å². The van der Waals surface area contributed by atoms with Crippen molar-refractivity contribution in [3.63, 3.8) is 0 Å². The first kappa shape index (κ1) is 118. The van der Waals surface area contributed by atoms with Gasteiger partial charge in [-0.05, 0) is 141 Å². The van der Waals surface area contributed by atoms with Gasteiger partial charge >= 0.3 is 134 Å². The van der Waals surface area contributed by atoms with Crippen molar-refractivity contribution in [3.8, 4) is 0 Å². The standard InChI is InChI=1S/C14H18O4.C13H19ClN5O3P.C10H19O5P.3C9H17O5P.C5H11O2P.4C2H4O2.Pb/c1-10-12(18-14(2,3)17-10)13(15)16-9-11-7-5-4-6-8-11;1-7-12(22-8(21-7)4-5-23(2,3)20)19-6-16-9-10(14)17-13(15)18-11(9)19;1-7-10(14-8(2)11)15-9(13-7)5-6-16(3,4)12;3*1-6-8(9(10)11)14-7(13-6)4-5-15(2,3)12;1-8(2,7)5-3-4-6;4*1-2(3)4;/h4-8,10,12H,9H2,1-3H3;6-8,12H,4-5H2,1-3H3,(H2,15,17,18);7,9-10H,5-6H2,1-4H3;3*6-8H,4-5H2,1-3H3,(H,10,11);4H,3,5H2,1-2H3;4*1H3,(H,3,4);/q;;;;;;;;;;;+4/p-4/t10-,12+;7-,8-,12-;7-,9-,10?;6-,7+,8+;2*6-,7-,8+;;;;;;/m111111....../s1. The number of carboxylic acids is 3. The van der Waals surface area contributed by atoms with Crippen molar-refractivity contribution in [2.45, 2.75) is 246 Å². The molecule has 3 aromatic rings. The molecule has 1 aromatic carbocycles. The SMILES string of the molecule is CC(=O)OC1O[C@H](CCP(C)(C)=O)O[C@@H]1C.CC(=O)[O][Pb]([O]C(C)=O)([O]C(C)=O)[O]C(C)=O.CP(C)(=O)CCC=O.C[C@H]1OC(C)(C)O[C@@H]1C(=O)OCc1ccccc1.C[C@H]1O[C@@H](CCP(C)(C)=O)O[C@@H]1C(=O)O.C[C@H]1O[C@@H](CCP(C)(C)=O)O[C@@H]1C(=O)O.C[C@H]1O[C@@H](CCP(C)(C)=O)O[C@H]1n1cnc2c(Cl)nc(N)nc21.C[C@H]1O[C@H](CCP(C)(C)=O)O[C@@H]1C(=O)O. The van der Waals surface area contributed by atoms with E-state index in [0.717, 1.165) is 39.5 Å². The number of esters is 2. The molecule has 0 radical (unpaired) electrons. The summed E-state index contributed by atoms with van der Waals surface area (Å²) in [6.45, 7) is 40.2. The van der Waals surface area contributed by atoms with Crippen LogP contribution < -0.4 is 5.73 Å². The second kappa shape index (κ2) is 53.5. The summed E-state index contributed by atoms with van der Waals surface area (Å²) >= 11 is 0.610. The molecule has 8 heterocycles. The Bertz CT molecular complexity index is 4190. The van der Waals surface area contributed by atoms with E-state index in [2.05, 4.69) is 25.7 Å². The van der Waals surface area contributed by atoms with E-state index in [0.29, 0.717) is 86.7 Å². The number of fused-ring (bicyclic) bond motifs is 1. The number of nitrogens with zero attached hydrogens (tertiary/aromatic N) is 4. The number of hydrogen-bond donors (Lipinski definition) is 4. The number of aromatic nitrogens is 4. The summed E-state index contributed by atoms with van der Waals surface area (Å²) in [5.41, 5.74) is 7.58. The van der Waals surface area contributed by atoms with Crippen LogP contribution in [-0.4, -0.2) is 339 Å². The predicted octanol–water partition coefficient (Wildman–Crippen LogP) is 10.8. The number of nitrogen functional groups attached to an aromatic ring is 1. The molecule has 17 atom stereocenters. The summed E-state index contributed by atoms with van der Waals surface area (Å²) in [5.74, 6) is -7.98. The maximum Gasteiger partial charge on any atom is 0.338 e. The number of carboxylic acid groups (broad SMARTS) is 3. The molecule has 0 bridgehead atoms. The Morgan fingerprint density at radius 3 is 1.13 bits per heavy atom. The van der Waals surface area contributed by atoms with Gasteiger partial charge in [0, 0.05) is 82.4 Å². The number of imidazole rings is 1. The first-order valence-corrected chi connectivity index (χ1v) is 63.6. The second-order valence-corrected chi connectivity index (χ2v) is 62.3. The fourth-order valence-electron chi connectivity index (χ4n) is 11.4. The summed E-state index contributed by atoms with van der Waals surface area (Å²) in [7, 11) is -12.3. The fourth-order valence-corrected chi connectivity index (χ4v) is 23.0. The van der Waals surface area contributed by atoms with Crippen molar-refractivity contribution < 1.29 is 168 Å². The van der Waals surface area contributed by atoms with E-state index in [1.807, 2.05) is 44.2 Å². The van der Waals surface area contributed by atoms with Crippen LogP contribution in [0.3, 0.4) is 0 Å². The van der Waals surface area contributed by atoms with E-state index in [1.54, 1.807) is 132 Å². The minimum Gasteiger partial charge on any atom is -0.479 e. The van der Waals surface area contributed by atoms with Crippen LogP contribution in [0.5, 0.6) is 0 Å². The van der Waals surface area contributed by atoms with Gasteiger partial charge in [-0.15, -0.1) is 0 Å². The molecule has 50 heteroatoms. The smallest absolute Gasteiger partial charge is 0.338 e. The zero-order chi connectivity index (χ0) is 97.5. The van der Waals surface area contributed by atoms with Crippen molar-refractivity contribution in [2.24, 2.45) is 0 Å². The molecule has 6 aliphatic heterocycles. The van der Waals surface area contributed by atoms with Gasteiger partial charge in [-0.2, -0.15) is 9.97 Å². The third-order valence-electron chi connectivity index (χ3n) is 17.2. The monoisotopic (exact) mass is 2150 g/mol. The molecule has 0 aliphatic carbocycles. The number of halogens is 1.